The summed E-state index contributed by atoms with van der Waals surface area (Å²) in [5, 5.41) is 5.27. The third-order valence-corrected chi connectivity index (χ3v) is 4.84. The molecule has 0 spiro atoms. The van der Waals surface area contributed by atoms with Crippen molar-refractivity contribution in [1.82, 2.24) is 14.1 Å². The highest BCUT2D eigenvalue weighted by Gasteiger charge is 2.38. The maximum atomic E-state index is 12.7. The van der Waals surface area contributed by atoms with Gasteiger partial charge in [-0.3, -0.25) is 23.5 Å². The van der Waals surface area contributed by atoms with Gasteiger partial charge in [0, 0.05) is 26.1 Å². The number of hydrogen-bond acceptors (Lipinski definition) is 6. The second-order valence-electron chi connectivity index (χ2n) is 6.80. The van der Waals surface area contributed by atoms with Crippen LogP contribution in [0.4, 0.5) is 11.5 Å². The lowest BCUT2D eigenvalue weighted by atomic mass is 9.99. The van der Waals surface area contributed by atoms with Crippen molar-refractivity contribution in [2.75, 3.05) is 17.7 Å². The van der Waals surface area contributed by atoms with Crippen molar-refractivity contribution in [3.8, 4) is 5.88 Å². The Morgan fingerprint density at radius 2 is 2.07 bits per heavy atom. The molecule has 10 heteroatoms. The molecule has 2 amide bonds. The Labute approximate surface area is 166 Å². The van der Waals surface area contributed by atoms with Crippen molar-refractivity contribution in [3.63, 3.8) is 0 Å². The van der Waals surface area contributed by atoms with Crippen LogP contribution in [0, 0.1) is 0 Å². The molecule has 29 heavy (non-hydrogen) atoms. The number of pyridine rings is 1. The minimum atomic E-state index is -0.969. The van der Waals surface area contributed by atoms with Crippen LogP contribution in [0.25, 0.3) is 0 Å². The second-order valence-corrected chi connectivity index (χ2v) is 6.80. The molecule has 3 rings (SSSR count). The van der Waals surface area contributed by atoms with E-state index in [4.69, 9.17) is 4.74 Å². The first-order chi connectivity index (χ1) is 13.9. The van der Waals surface area contributed by atoms with E-state index in [1.54, 1.807) is 12.1 Å². The Balaban J connectivity index is 1.88. The number of unbranched alkanes of at least 4 members (excludes halogenated alkanes) is 1. The standard InChI is InChI=1S/C19H23N5O5/c1-4-5-8-24-16-15(18(27)23(2)19(24)28)12(17(26)22-16)9-13(25)21-11-6-7-14(29-3)20-10-11/h6-7,10,12H,4-5,8-9H2,1-3H3,(H,21,25)(H,22,26)/t12-/m1/s1. The molecular formula is C19H23N5O5. The van der Waals surface area contributed by atoms with Gasteiger partial charge in [0.15, 0.2) is 0 Å². The molecule has 0 saturated heterocycles. The fourth-order valence-electron chi connectivity index (χ4n) is 3.27. The minimum absolute atomic E-state index is 0.149. The lowest BCUT2D eigenvalue weighted by Gasteiger charge is -2.13. The van der Waals surface area contributed by atoms with Crippen molar-refractivity contribution < 1.29 is 14.3 Å². The molecule has 2 aromatic rings. The molecule has 2 aromatic heterocycles. The van der Waals surface area contributed by atoms with Gasteiger partial charge < -0.3 is 15.4 Å². The fraction of sp³-hybridized carbons (Fsp3) is 0.421. The molecule has 2 N–H and O–H groups in total. The summed E-state index contributed by atoms with van der Waals surface area (Å²) in [5.41, 5.74) is -0.469. The quantitative estimate of drug-likeness (QED) is 0.708. The second kappa shape index (κ2) is 8.29. The number of ether oxygens (including phenoxy) is 1. The van der Waals surface area contributed by atoms with Gasteiger partial charge in [0.1, 0.15) is 5.82 Å². The third kappa shape index (κ3) is 3.91. The number of carbonyl (C=O) groups is 2. The molecule has 0 bridgehead atoms. The Hall–Kier alpha value is -3.43. The van der Waals surface area contributed by atoms with Crippen LogP contribution >= 0.6 is 0 Å². The zero-order valence-electron chi connectivity index (χ0n) is 16.5. The number of fused-ring (bicyclic) bond motifs is 1. The normalized spacial score (nSPS) is 15.0. The van der Waals surface area contributed by atoms with E-state index < -0.39 is 29.0 Å². The molecule has 0 unspecified atom stereocenters. The summed E-state index contributed by atoms with van der Waals surface area (Å²) >= 11 is 0. The molecule has 1 aliphatic heterocycles. The summed E-state index contributed by atoms with van der Waals surface area (Å²) in [4.78, 5) is 54.1. The number of nitrogens with zero attached hydrogens (tertiary/aromatic N) is 3. The minimum Gasteiger partial charge on any atom is -0.481 e. The Morgan fingerprint density at radius 3 is 2.69 bits per heavy atom. The number of methoxy groups -OCH3 is 1. The molecular weight excluding hydrogens is 378 g/mol. The molecule has 10 nitrogen and oxygen atoms in total. The summed E-state index contributed by atoms with van der Waals surface area (Å²) in [6, 6.07) is 3.21. The van der Waals surface area contributed by atoms with E-state index in [0.29, 0.717) is 18.1 Å². The van der Waals surface area contributed by atoms with Gasteiger partial charge >= 0.3 is 5.69 Å². The van der Waals surface area contributed by atoms with E-state index in [2.05, 4.69) is 15.6 Å². The highest BCUT2D eigenvalue weighted by Crippen LogP contribution is 2.31. The highest BCUT2D eigenvalue weighted by atomic mass is 16.5. The highest BCUT2D eigenvalue weighted by molar-refractivity contribution is 6.05. The molecule has 0 radical (unpaired) electrons. The summed E-state index contributed by atoms with van der Waals surface area (Å²) in [5.74, 6) is -1.29. The molecule has 0 saturated carbocycles. The first kappa shape index (κ1) is 20.3. The predicted molar refractivity (Wildman–Crippen MR) is 106 cm³/mol. The molecule has 0 aliphatic carbocycles. The summed E-state index contributed by atoms with van der Waals surface area (Å²) < 4.78 is 7.34. The van der Waals surface area contributed by atoms with Crippen LogP contribution < -0.4 is 26.6 Å². The molecule has 0 aromatic carbocycles. The molecule has 154 valence electrons. The van der Waals surface area contributed by atoms with E-state index in [9.17, 15) is 19.2 Å². The smallest absolute Gasteiger partial charge is 0.332 e. The number of hydrogen-bond donors (Lipinski definition) is 2. The monoisotopic (exact) mass is 401 g/mol. The fourth-order valence-corrected chi connectivity index (χ4v) is 3.27. The van der Waals surface area contributed by atoms with E-state index in [1.807, 2.05) is 6.92 Å². The maximum Gasteiger partial charge on any atom is 0.332 e. The largest absolute Gasteiger partial charge is 0.481 e. The number of aromatic nitrogens is 3. The number of nitrogens with one attached hydrogen (secondary N) is 2. The van der Waals surface area contributed by atoms with Crippen LogP contribution in [0.2, 0.25) is 0 Å². The topological polar surface area (TPSA) is 124 Å². The zero-order chi connectivity index (χ0) is 21.1. The summed E-state index contributed by atoms with van der Waals surface area (Å²) in [6.45, 7) is 2.36. The van der Waals surface area contributed by atoms with Crippen LogP contribution in [0.3, 0.4) is 0 Å². The summed E-state index contributed by atoms with van der Waals surface area (Å²) in [6.07, 6.45) is 2.77. The van der Waals surface area contributed by atoms with Gasteiger partial charge in [0.05, 0.1) is 30.5 Å². The number of anilines is 2. The molecule has 3 heterocycles. The maximum absolute atomic E-state index is 12.7. The van der Waals surface area contributed by atoms with Gasteiger partial charge in [-0.25, -0.2) is 9.78 Å². The van der Waals surface area contributed by atoms with Crippen LogP contribution in [0.15, 0.2) is 27.9 Å². The van der Waals surface area contributed by atoms with Gasteiger partial charge in [0.2, 0.25) is 17.7 Å². The number of amides is 2. The third-order valence-electron chi connectivity index (χ3n) is 4.84. The molecule has 0 fully saturated rings. The number of carbonyl (C=O) groups excluding carboxylic acids is 2. The van der Waals surface area contributed by atoms with E-state index in [-0.39, 0.29) is 17.8 Å². The van der Waals surface area contributed by atoms with Gasteiger partial charge in [-0.05, 0) is 12.5 Å². The Bertz CT molecular complexity index is 1050. The lowest BCUT2D eigenvalue weighted by molar-refractivity contribution is -0.122. The zero-order valence-corrected chi connectivity index (χ0v) is 16.5. The molecule has 1 aliphatic rings. The van der Waals surface area contributed by atoms with Gasteiger partial charge in [0.25, 0.3) is 5.56 Å². The van der Waals surface area contributed by atoms with Crippen molar-refractivity contribution in [1.29, 1.82) is 0 Å². The van der Waals surface area contributed by atoms with E-state index in [1.165, 1.54) is 24.9 Å². The summed E-state index contributed by atoms with van der Waals surface area (Å²) in [7, 11) is 2.85. The van der Waals surface area contributed by atoms with E-state index >= 15 is 0 Å². The van der Waals surface area contributed by atoms with Crippen molar-refractivity contribution in [2.24, 2.45) is 7.05 Å². The van der Waals surface area contributed by atoms with Crippen molar-refractivity contribution in [3.05, 3.63) is 44.7 Å². The van der Waals surface area contributed by atoms with Crippen LogP contribution in [-0.4, -0.2) is 33.0 Å². The Kier molecular flexibility index (Phi) is 5.81. The Morgan fingerprint density at radius 1 is 1.31 bits per heavy atom. The average molecular weight is 401 g/mol. The van der Waals surface area contributed by atoms with Crippen molar-refractivity contribution >= 4 is 23.3 Å². The van der Waals surface area contributed by atoms with Gasteiger partial charge in [-0.15, -0.1) is 0 Å². The van der Waals surface area contributed by atoms with Crippen LogP contribution in [0.1, 0.15) is 37.7 Å². The van der Waals surface area contributed by atoms with Crippen LogP contribution in [-0.2, 0) is 23.2 Å². The first-order valence-corrected chi connectivity index (χ1v) is 9.31. The molecule has 1 atom stereocenters. The number of rotatable bonds is 7. The van der Waals surface area contributed by atoms with Gasteiger partial charge in [-0.2, -0.15) is 0 Å². The van der Waals surface area contributed by atoms with Crippen LogP contribution in [0.5, 0.6) is 5.88 Å². The SMILES string of the molecule is CCCCn1c2c(c(=O)n(C)c1=O)[C@@H](CC(=O)Nc1ccc(OC)nc1)C(=O)N2. The first-order valence-electron chi connectivity index (χ1n) is 9.31. The van der Waals surface area contributed by atoms with Gasteiger partial charge in [-0.1, -0.05) is 13.3 Å². The van der Waals surface area contributed by atoms with Crippen molar-refractivity contribution in [2.45, 2.75) is 38.6 Å². The average Bonchev–Trinajstić information content (AvgIpc) is 3.02. The van der Waals surface area contributed by atoms with E-state index in [0.717, 1.165) is 17.4 Å². The predicted octanol–water partition coefficient (Wildman–Crippen LogP) is 0.815. The lowest BCUT2D eigenvalue weighted by Crippen LogP contribution is -2.40.